The summed E-state index contributed by atoms with van der Waals surface area (Å²) in [5, 5.41) is 12.5. The standard InChI is InChI=1S/C18H10N2O4S/c19-10-13-6-7-15(23-17(21)12-4-2-1-3-5-12)20-16(13)24-18(22)14-8-9-25-11-14/h1-9,11H. The number of thiophene rings is 1. The molecule has 6 nitrogen and oxygen atoms in total. The van der Waals surface area contributed by atoms with E-state index >= 15 is 0 Å². The van der Waals surface area contributed by atoms with Gasteiger partial charge in [-0.05, 0) is 29.6 Å². The van der Waals surface area contributed by atoms with Gasteiger partial charge >= 0.3 is 11.9 Å². The fraction of sp³-hybridized carbons (Fsp3) is 0. The van der Waals surface area contributed by atoms with E-state index in [1.165, 1.54) is 23.5 Å². The Morgan fingerprint density at radius 3 is 2.40 bits per heavy atom. The van der Waals surface area contributed by atoms with Gasteiger partial charge in [-0.15, -0.1) is 0 Å². The van der Waals surface area contributed by atoms with Crippen molar-refractivity contribution < 1.29 is 19.1 Å². The first-order valence-electron chi connectivity index (χ1n) is 7.10. The van der Waals surface area contributed by atoms with Gasteiger partial charge in [0.05, 0.1) is 11.1 Å². The normalized spacial score (nSPS) is 9.88. The summed E-state index contributed by atoms with van der Waals surface area (Å²) in [4.78, 5) is 28.0. The van der Waals surface area contributed by atoms with Crippen molar-refractivity contribution in [2.75, 3.05) is 0 Å². The molecule has 0 fully saturated rings. The lowest BCUT2D eigenvalue weighted by Gasteiger charge is -2.07. The van der Waals surface area contributed by atoms with E-state index < -0.39 is 11.9 Å². The van der Waals surface area contributed by atoms with Crippen LogP contribution in [0.4, 0.5) is 0 Å². The number of nitriles is 1. The molecule has 0 saturated carbocycles. The van der Waals surface area contributed by atoms with Crippen molar-refractivity contribution >= 4 is 23.3 Å². The van der Waals surface area contributed by atoms with E-state index in [1.807, 2.05) is 6.07 Å². The summed E-state index contributed by atoms with van der Waals surface area (Å²) in [6, 6.07) is 14.6. The van der Waals surface area contributed by atoms with Crippen LogP contribution in [-0.2, 0) is 0 Å². The summed E-state index contributed by atoms with van der Waals surface area (Å²) in [7, 11) is 0. The van der Waals surface area contributed by atoms with E-state index in [1.54, 1.807) is 47.2 Å². The second-order valence-corrected chi connectivity index (χ2v) is 5.55. The fourth-order valence-corrected chi connectivity index (χ4v) is 2.52. The lowest BCUT2D eigenvalue weighted by atomic mass is 10.2. The number of benzene rings is 1. The van der Waals surface area contributed by atoms with E-state index in [-0.39, 0.29) is 17.3 Å². The molecule has 7 heteroatoms. The third-order valence-electron chi connectivity index (χ3n) is 3.11. The zero-order chi connectivity index (χ0) is 17.6. The molecule has 122 valence electrons. The second kappa shape index (κ2) is 7.38. The van der Waals surface area contributed by atoms with Gasteiger partial charge in [-0.2, -0.15) is 21.6 Å². The third kappa shape index (κ3) is 3.88. The topological polar surface area (TPSA) is 89.3 Å². The lowest BCUT2D eigenvalue weighted by molar-refractivity contribution is 0.0717. The van der Waals surface area contributed by atoms with Crippen LogP contribution in [-0.4, -0.2) is 16.9 Å². The fourth-order valence-electron chi connectivity index (χ4n) is 1.90. The molecule has 1 aromatic carbocycles. The van der Waals surface area contributed by atoms with Gasteiger partial charge in [0.1, 0.15) is 11.6 Å². The smallest absolute Gasteiger partial charge is 0.345 e. The minimum atomic E-state index is -0.642. The van der Waals surface area contributed by atoms with Crippen molar-refractivity contribution in [1.82, 2.24) is 4.98 Å². The first-order valence-corrected chi connectivity index (χ1v) is 8.04. The molecule has 0 bridgehead atoms. The Hall–Kier alpha value is -3.50. The molecule has 0 unspecified atom stereocenters. The quantitative estimate of drug-likeness (QED) is 0.670. The number of ether oxygens (including phenoxy) is 2. The number of pyridine rings is 1. The minimum Gasteiger partial charge on any atom is -0.404 e. The first-order chi connectivity index (χ1) is 12.2. The molecule has 3 rings (SSSR count). The van der Waals surface area contributed by atoms with Gasteiger partial charge in [0.2, 0.25) is 11.8 Å². The molecule has 2 aromatic heterocycles. The van der Waals surface area contributed by atoms with Crippen LogP contribution < -0.4 is 9.47 Å². The molecule has 0 radical (unpaired) electrons. The van der Waals surface area contributed by atoms with Crippen LogP contribution in [0.3, 0.4) is 0 Å². The van der Waals surface area contributed by atoms with Gasteiger partial charge in [-0.3, -0.25) is 0 Å². The maximum atomic E-state index is 12.1. The maximum Gasteiger partial charge on any atom is 0.345 e. The number of aromatic nitrogens is 1. The van der Waals surface area contributed by atoms with E-state index in [2.05, 4.69) is 4.98 Å². The molecule has 0 aliphatic heterocycles. The van der Waals surface area contributed by atoms with Gasteiger partial charge in [-0.1, -0.05) is 18.2 Å². The van der Waals surface area contributed by atoms with Crippen LogP contribution >= 0.6 is 11.3 Å². The molecule has 0 aliphatic carbocycles. The molecule has 0 N–H and O–H groups in total. The molecule has 0 amide bonds. The molecule has 0 spiro atoms. The van der Waals surface area contributed by atoms with Gasteiger partial charge in [-0.25, -0.2) is 9.59 Å². The van der Waals surface area contributed by atoms with Crippen molar-refractivity contribution in [1.29, 1.82) is 5.26 Å². The van der Waals surface area contributed by atoms with Crippen LogP contribution in [0.5, 0.6) is 11.8 Å². The number of carbonyl (C=O) groups excluding carboxylic acids is 2. The summed E-state index contributed by atoms with van der Waals surface area (Å²) >= 11 is 1.34. The van der Waals surface area contributed by atoms with Gasteiger partial charge in [0, 0.05) is 11.4 Å². The number of nitrogens with zero attached hydrogens (tertiary/aromatic N) is 2. The molecular weight excluding hydrogens is 340 g/mol. The van der Waals surface area contributed by atoms with E-state index in [0.717, 1.165) is 0 Å². The number of hydrogen-bond donors (Lipinski definition) is 0. The Balaban J connectivity index is 1.81. The Bertz CT molecular complexity index is 947. The molecule has 3 aromatic rings. The lowest BCUT2D eigenvalue weighted by Crippen LogP contribution is -2.12. The highest BCUT2D eigenvalue weighted by Gasteiger charge is 2.16. The summed E-state index contributed by atoms with van der Waals surface area (Å²) in [5.74, 6) is -1.53. The highest BCUT2D eigenvalue weighted by molar-refractivity contribution is 7.08. The van der Waals surface area contributed by atoms with Crippen molar-refractivity contribution in [2.45, 2.75) is 0 Å². The molecule has 0 saturated heterocycles. The van der Waals surface area contributed by atoms with Crippen molar-refractivity contribution in [2.24, 2.45) is 0 Å². The summed E-state index contributed by atoms with van der Waals surface area (Å²) in [6.07, 6.45) is 0. The molecule has 0 aliphatic rings. The van der Waals surface area contributed by atoms with E-state index in [0.29, 0.717) is 11.1 Å². The summed E-state index contributed by atoms with van der Waals surface area (Å²) < 4.78 is 10.3. The van der Waals surface area contributed by atoms with E-state index in [4.69, 9.17) is 14.7 Å². The zero-order valence-corrected chi connectivity index (χ0v) is 13.5. The average Bonchev–Trinajstić information content (AvgIpc) is 3.17. The monoisotopic (exact) mass is 350 g/mol. The predicted octanol–water partition coefficient (Wildman–Crippen LogP) is 3.45. The number of hydrogen-bond acceptors (Lipinski definition) is 7. The Morgan fingerprint density at radius 1 is 0.960 bits per heavy atom. The SMILES string of the molecule is N#Cc1ccc(OC(=O)c2ccccc2)nc1OC(=O)c1ccsc1. The highest BCUT2D eigenvalue weighted by Crippen LogP contribution is 2.21. The third-order valence-corrected chi connectivity index (χ3v) is 3.79. The number of esters is 2. The Labute approximate surface area is 146 Å². The van der Waals surface area contributed by atoms with E-state index in [9.17, 15) is 9.59 Å². The van der Waals surface area contributed by atoms with Crippen LogP contribution in [0.1, 0.15) is 26.3 Å². The van der Waals surface area contributed by atoms with Crippen molar-refractivity contribution in [3.8, 4) is 17.8 Å². The first kappa shape index (κ1) is 16.4. The zero-order valence-electron chi connectivity index (χ0n) is 12.7. The van der Waals surface area contributed by atoms with Gasteiger partial charge in [0.15, 0.2) is 0 Å². The Kier molecular flexibility index (Phi) is 4.83. The van der Waals surface area contributed by atoms with Crippen LogP contribution in [0.2, 0.25) is 0 Å². The largest absolute Gasteiger partial charge is 0.404 e. The number of rotatable bonds is 4. The summed E-state index contributed by atoms with van der Waals surface area (Å²) in [5.41, 5.74) is 0.760. The molecule has 0 atom stereocenters. The van der Waals surface area contributed by atoms with Crippen LogP contribution in [0, 0.1) is 11.3 Å². The molecular formula is C18H10N2O4S. The predicted molar refractivity (Wildman–Crippen MR) is 89.6 cm³/mol. The van der Waals surface area contributed by atoms with Gasteiger partial charge < -0.3 is 9.47 Å². The highest BCUT2D eigenvalue weighted by atomic mass is 32.1. The van der Waals surface area contributed by atoms with Crippen molar-refractivity contribution in [3.05, 3.63) is 76.0 Å². The number of carbonyl (C=O) groups is 2. The second-order valence-electron chi connectivity index (χ2n) is 4.77. The Morgan fingerprint density at radius 2 is 1.72 bits per heavy atom. The van der Waals surface area contributed by atoms with Crippen molar-refractivity contribution in [3.63, 3.8) is 0 Å². The molecule has 2 heterocycles. The maximum absolute atomic E-state index is 12.1. The summed E-state index contributed by atoms with van der Waals surface area (Å²) in [6.45, 7) is 0. The van der Waals surface area contributed by atoms with Gasteiger partial charge in [0.25, 0.3) is 0 Å². The average molecular weight is 350 g/mol. The molecule has 25 heavy (non-hydrogen) atoms. The van der Waals surface area contributed by atoms with Crippen LogP contribution in [0.15, 0.2) is 59.3 Å². The van der Waals surface area contributed by atoms with Crippen LogP contribution in [0.25, 0.3) is 0 Å². The minimum absolute atomic E-state index is 0.0584.